The maximum Gasteiger partial charge on any atom is 0.273 e. The Morgan fingerprint density at radius 2 is 2.29 bits per heavy atom. The third kappa shape index (κ3) is 2.35. The van der Waals surface area contributed by atoms with Gasteiger partial charge in [0.15, 0.2) is 11.5 Å². The summed E-state index contributed by atoms with van der Waals surface area (Å²) in [6, 6.07) is 3.76. The summed E-state index contributed by atoms with van der Waals surface area (Å²) in [7, 11) is 0. The molecule has 0 fully saturated rings. The SMILES string of the molecule is CCCOc1ccc([N+](=O)[O-])cc1O. The van der Waals surface area contributed by atoms with Gasteiger partial charge in [-0.15, -0.1) is 0 Å². The molecule has 5 heteroatoms. The molecule has 0 amide bonds. The van der Waals surface area contributed by atoms with Crippen molar-refractivity contribution in [2.75, 3.05) is 6.61 Å². The van der Waals surface area contributed by atoms with E-state index in [0.717, 1.165) is 12.5 Å². The first-order valence-electron chi connectivity index (χ1n) is 4.25. The average Bonchev–Trinajstić information content (AvgIpc) is 2.15. The van der Waals surface area contributed by atoms with Gasteiger partial charge >= 0.3 is 0 Å². The summed E-state index contributed by atoms with van der Waals surface area (Å²) in [5.41, 5.74) is -0.147. The number of rotatable bonds is 4. The standard InChI is InChI=1S/C9H11NO4/c1-2-5-14-9-4-3-7(10(12)13)6-8(9)11/h3-4,6,11H,2,5H2,1H3. The van der Waals surface area contributed by atoms with Gasteiger partial charge in [0.05, 0.1) is 17.6 Å². The monoisotopic (exact) mass is 197 g/mol. The Kier molecular flexibility index (Phi) is 3.28. The van der Waals surface area contributed by atoms with E-state index in [1.807, 2.05) is 6.92 Å². The van der Waals surface area contributed by atoms with E-state index in [-0.39, 0.29) is 17.2 Å². The number of nitro benzene ring substituents is 1. The maximum atomic E-state index is 10.3. The van der Waals surface area contributed by atoms with Crippen LogP contribution in [0.4, 0.5) is 5.69 Å². The van der Waals surface area contributed by atoms with E-state index in [9.17, 15) is 15.2 Å². The molecular formula is C9H11NO4. The molecule has 0 radical (unpaired) electrons. The van der Waals surface area contributed by atoms with Gasteiger partial charge in [-0.2, -0.15) is 0 Å². The zero-order valence-electron chi connectivity index (χ0n) is 7.77. The minimum Gasteiger partial charge on any atom is -0.504 e. The fourth-order valence-corrected chi connectivity index (χ4v) is 0.953. The van der Waals surface area contributed by atoms with Crippen molar-refractivity contribution in [3.63, 3.8) is 0 Å². The van der Waals surface area contributed by atoms with Gasteiger partial charge in [-0.3, -0.25) is 10.1 Å². The summed E-state index contributed by atoms with van der Waals surface area (Å²) in [6.07, 6.45) is 0.816. The predicted octanol–water partition coefficient (Wildman–Crippen LogP) is 2.09. The van der Waals surface area contributed by atoms with Crippen LogP contribution in [0, 0.1) is 10.1 Å². The van der Waals surface area contributed by atoms with E-state index in [2.05, 4.69) is 0 Å². The van der Waals surface area contributed by atoms with Gasteiger partial charge in [0.25, 0.3) is 5.69 Å². The number of benzene rings is 1. The number of phenolic OH excluding ortho intramolecular Hbond substituents is 1. The number of hydrogen-bond acceptors (Lipinski definition) is 4. The number of nitrogens with zero attached hydrogens (tertiary/aromatic N) is 1. The molecule has 1 N–H and O–H groups in total. The molecule has 5 nitrogen and oxygen atoms in total. The van der Waals surface area contributed by atoms with Crippen LogP contribution in [0.25, 0.3) is 0 Å². The quantitative estimate of drug-likeness (QED) is 0.592. The van der Waals surface area contributed by atoms with Crippen LogP contribution in [-0.2, 0) is 0 Å². The number of aromatic hydroxyl groups is 1. The summed E-state index contributed by atoms with van der Waals surface area (Å²) < 4.78 is 5.15. The highest BCUT2D eigenvalue weighted by molar-refractivity contribution is 5.47. The lowest BCUT2D eigenvalue weighted by molar-refractivity contribution is -0.385. The molecular weight excluding hydrogens is 186 g/mol. The van der Waals surface area contributed by atoms with Crippen molar-refractivity contribution < 1.29 is 14.8 Å². The lowest BCUT2D eigenvalue weighted by atomic mass is 10.3. The van der Waals surface area contributed by atoms with Crippen LogP contribution in [0.2, 0.25) is 0 Å². The van der Waals surface area contributed by atoms with Gasteiger partial charge in [-0.25, -0.2) is 0 Å². The molecule has 1 aromatic rings. The fourth-order valence-electron chi connectivity index (χ4n) is 0.953. The average molecular weight is 197 g/mol. The molecule has 76 valence electrons. The second-order valence-electron chi connectivity index (χ2n) is 2.76. The summed E-state index contributed by atoms with van der Waals surface area (Å²) in [5.74, 6) is 0.0742. The predicted molar refractivity (Wildman–Crippen MR) is 50.5 cm³/mol. The molecule has 0 aromatic heterocycles. The van der Waals surface area contributed by atoms with E-state index in [4.69, 9.17) is 4.74 Å². The third-order valence-electron chi connectivity index (χ3n) is 1.62. The van der Waals surface area contributed by atoms with E-state index in [1.54, 1.807) is 0 Å². The molecule has 0 bridgehead atoms. The Morgan fingerprint density at radius 1 is 1.57 bits per heavy atom. The summed E-state index contributed by atoms with van der Waals surface area (Å²) in [5, 5.41) is 19.7. The Labute approximate surface area is 81.1 Å². The fraction of sp³-hybridized carbons (Fsp3) is 0.333. The lowest BCUT2D eigenvalue weighted by Crippen LogP contribution is -1.95. The Bertz CT molecular complexity index is 338. The highest BCUT2D eigenvalue weighted by Crippen LogP contribution is 2.29. The largest absolute Gasteiger partial charge is 0.504 e. The van der Waals surface area contributed by atoms with Crippen molar-refractivity contribution in [1.82, 2.24) is 0 Å². The van der Waals surface area contributed by atoms with Gasteiger partial charge in [-0.05, 0) is 12.5 Å². The van der Waals surface area contributed by atoms with E-state index in [1.165, 1.54) is 12.1 Å². The number of ether oxygens (including phenoxy) is 1. The smallest absolute Gasteiger partial charge is 0.273 e. The van der Waals surface area contributed by atoms with Gasteiger partial charge in [0, 0.05) is 6.07 Å². The molecule has 0 saturated carbocycles. The minimum absolute atomic E-state index is 0.147. The molecule has 0 aliphatic carbocycles. The van der Waals surface area contributed by atoms with Gasteiger partial charge in [0.1, 0.15) is 0 Å². The van der Waals surface area contributed by atoms with Crippen molar-refractivity contribution in [3.8, 4) is 11.5 Å². The lowest BCUT2D eigenvalue weighted by Gasteiger charge is -2.05. The summed E-state index contributed by atoms with van der Waals surface area (Å²) in [6.45, 7) is 2.41. The zero-order chi connectivity index (χ0) is 10.6. The van der Waals surface area contributed by atoms with Crippen molar-refractivity contribution >= 4 is 5.69 Å². The van der Waals surface area contributed by atoms with Crippen molar-refractivity contribution in [1.29, 1.82) is 0 Å². The van der Waals surface area contributed by atoms with Crippen LogP contribution < -0.4 is 4.74 Å². The molecule has 1 rings (SSSR count). The van der Waals surface area contributed by atoms with Crippen LogP contribution in [0.1, 0.15) is 13.3 Å². The number of non-ortho nitro benzene ring substituents is 1. The second kappa shape index (κ2) is 4.45. The molecule has 0 atom stereocenters. The topological polar surface area (TPSA) is 72.6 Å². The highest BCUT2D eigenvalue weighted by atomic mass is 16.6. The first-order valence-corrected chi connectivity index (χ1v) is 4.25. The number of nitro groups is 1. The van der Waals surface area contributed by atoms with Crippen molar-refractivity contribution in [3.05, 3.63) is 28.3 Å². The first-order chi connectivity index (χ1) is 6.65. The van der Waals surface area contributed by atoms with E-state index in [0.29, 0.717) is 6.61 Å². The van der Waals surface area contributed by atoms with Gasteiger partial charge < -0.3 is 9.84 Å². The molecule has 0 spiro atoms. The highest BCUT2D eigenvalue weighted by Gasteiger charge is 2.10. The van der Waals surface area contributed by atoms with Gasteiger partial charge in [-0.1, -0.05) is 6.92 Å². The summed E-state index contributed by atoms with van der Waals surface area (Å²) >= 11 is 0. The van der Waals surface area contributed by atoms with Gasteiger partial charge in [0.2, 0.25) is 0 Å². The van der Waals surface area contributed by atoms with Crippen molar-refractivity contribution in [2.45, 2.75) is 13.3 Å². The second-order valence-corrected chi connectivity index (χ2v) is 2.76. The van der Waals surface area contributed by atoms with Crippen molar-refractivity contribution in [2.24, 2.45) is 0 Å². The normalized spacial score (nSPS) is 9.79. The minimum atomic E-state index is -0.566. The molecule has 0 unspecified atom stereocenters. The molecule has 0 heterocycles. The molecule has 1 aromatic carbocycles. The van der Waals surface area contributed by atoms with Crippen LogP contribution in [0.3, 0.4) is 0 Å². The Morgan fingerprint density at radius 3 is 2.79 bits per heavy atom. The summed E-state index contributed by atoms with van der Waals surface area (Å²) in [4.78, 5) is 9.77. The maximum absolute atomic E-state index is 10.3. The van der Waals surface area contributed by atoms with E-state index < -0.39 is 4.92 Å². The van der Waals surface area contributed by atoms with Crippen LogP contribution in [-0.4, -0.2) is 16.6 Å². The number of phenols is 1. The molecule has 14 heavy (non-hydrogen) atoms. The third-order valence-corrected chi connectivity index (χ3v) is 1.62. The zero-order valence-corrected chi connectivity index (χ0v) is 7.77. The Hall–Kier alpha value is -1.78. The number of hydrogen-bond donors (Lipinski definition) is 1. The van der Waals surface area contributed by atoms with Crippen LogP contribution in [0.5, 0.6) is 11.5 Å². The van der Waals surface area contributed by atoms with Crippen LogP contribution in [0.15, 0.2) is 18.2 Å². The first kappa shape index (κ1) is 10.3. The van der Waals surface area contributed by atoms with Crippen LogP contribution >= 0.6 is 0 Å². The molecule has 0 saturated heterocycles. The Balaban J connectivity index is 2.84. The van der Waals surface area contributed by atoms with E-state index >= 15 is 0 Å². The molecule has 0 aliphatic rings. The molecule has 0 aliphatic heterocycles.